The van der Waals surface area contributed by atoms with Crippen LogP contribution in [-0.2, 0) is 0 Å². The molecule has 0 amide bonds. The summed E-state index contributed by atoms with van der Waals surface area (Å²) >= 11 is 0. The fourth-order valence-corrected chi connectivity index (χ4v) is 0.447. The maximum absolute atomic E-state index is 8.85. The summed E-state index contributed by atoms with van der Waals surface area (Å²) in [5.74, 6) is 0. The molecule has 0 spiro atoms. The average molecular weight is 134 g/mol. The first kappa shape index (κ1) is 8.84. The molecule has 2 unspecified atom stereocenters. The Labute approximate surface area is 54.9 Å². The Balaban J connectivity index is 3.22. The Morgan fingerprint density at radius 3 is 1.67 bits per heavy atom. The number of hydrogen-bond donors (Lipinski definition) is 4. The summed E-state index contributed by atoms with van der Waals surface area (Å²) in [5, 5.41) is 22.9. The minimum absolute atomic E-state index is 0.299. The van der Waals surface area contributed by atoms with Crippen molar-refractivity contribution in [3.63, 3.8) is 0 Å². The van der Waals surface area contributed by atoms with Gasteiger partial charge in [0.1, 0.15) is 12.5 Å². The smallest absolute Gasteiger partial charge is 0.108 e. The normalized spacial score (nSPS) is 17.3. The standard InChI is InChI=1S/C5H14N2O2/c1-6-4(8)3-5(9)7-2/h4-9H,3H2,1-2H3. The molecule has 0 rings (SSSR count). The number of nitrogens with one attached hydrogen (secondary N) is 2. The number of rotatable bonds is 4. The van der Waals surface area contributed by atoms with Crippen LogP contribution in [0.1, 0.15) is 6.42 Å². The summed E-state index contributed by atoms with van der Waals surface area (Å²) in [4.78, 5) is 0. The second-order valence-electron chi connectivity index (χ2n) is 1.84. The first-order valence-corrected chi connectivity index (χ1v) is 2.91. The topological polar surface area (TPSA) is 64.5 Å². The van der Waals surface area contributed by atoms with Crippen molar-refractivity contribution in [1.82, 2.24) is 10.6 Å². The highest BCUT2D eigenvalue weighted by Gasteiger charge is 2.05. The van der Waals surface area contributed by atoms with Crippen LogP contribution in [0.2, 0.25) is 0 Å². The third-order valence-electron chi connectivity index (χ3n) is 1.11. The molecule has 0 aromatic heterocycles. The Kier molecular flexibility index (Phi) is 4.61. The van der Waals surface area contributed by atoms with E-state index in [1.54, 1.807) is 14.1 Å². The minimum atomic E-state index is -0.632. The van der Waals surface area contributed by atoms with Gasteiger partial charge < -0.3 is 10.2 Å². The number of hydrogen-bond acceptors (Lipinski definition) is 4. The van der Waals surface area contributed by atoms with Crippen LogP contribution < -0.4 is 10.6 Å². The molecule has 56 valence electrons. The summed E-state index contributed by atoms with van der Waals surface area (Å²) in [5.41, 5.74) is 0. The first-order valence-electron chi connectivity index (χ1n) is 2.91. The molecule has 0 aliphatic carbocycles. The zero-order chi connectivity index (χ0) is 7.28. The van der Waals surface area contributed by atoms with Crippen LogP contribution in [0.4, 0.5) is 0 Å². The quantitative estimate of drug-likeness (QED) is 0.352. The van der Waals surface area contributed by atoms with E-state index in [0.29, 0.717) is 6.42 Å². The molecule has 0 aliphatic heterocycles. The minimum Gasteiger partial charge on any atom is -0.378 e. The highest BCUT2D eigenvalue weighted by Crippen LogP contribution is 1.88. The summed E-state index contributed by atoms with van der Waals surface area (Å²) in [6, 6.07) is 0. The molecular weight excluding hydrogens is 120 g/mol. The van der Waals surface area contributed by atoms with E-state index in [4.69, 9.17) is 10.2 Å². The predicted octanol–water partition coefficient (Wildman–Crippen LogP) is -1.55. The lowest BCUT2D eigenvalue weighted by molar-refractivity contribution is 0.0522. The largest absolute Gasteiger partial charge is 0.378 e. The van der Waals surface area contributed by atoms with Crippen LogP contribution in [0.25, 0.3) is 0 Å². The van der Waals surface area contributed by atoms with Crippen LogP contribution in [0, 0.1) is 0 Å². The van der Waals surface area contributed by atoms with E-state index in [0.717, 1.165) is 0 Å². The molecule has 0 saturated carbocycles. The maximum atomic E-state index is 8.85. The van der Waals surface area contributed by atoms with Crippen molar-refractivity contribution in [1.29, 1.82) is 0 Å². The van der Waals surface area contributed by atoms with Crippen molar-refractivity contribution in [3.05, 3.63) is 0 Å². The van der Waals surface area contributed by atoms with Gasteiger partial charge in [0.15, 0.2) is 0 Å². The molecule has 0 radical (unpaired) electrons. The van der Waals surface area contributed by atoms with Gasteiger partial charge in [-0.3, -0.25) is 10.6 Å². The fraction of sp³-hybridized carbons (Fsp3) is 1.00. The molecule has 4 nitrogen and oxygen atoms in total. The van der Waals surface area contributed by atoms with E-state index in [-0.39, 0.29) is 0 Å². The van der Waals surface area contributed by atoms with Crippen molar-refractivity contribution >= 4 is 0 Å². The van der Waals surface area contributed by atoms with Crippen LogP contribution in [0.5, 0.6) is 0 Å². The van der Waals surface area contributed by atoms with Gasteiger partial charge in [-0.15, -0.1) is 0 Å². The predicted molar refractivity (Wildman–Crippen MR) is 34.8 cm³/mol. The fourth-order valence-electron chi connectivity index (χ4n) is 0.447. The van der Waals surface area contributed by atoms with Crippen molar-refractivity contribution < 1.29 is 10.2 Å². The summed E-state index contributed by atoms with van der Waals surface area (Å²) < 4.78 is 0. The van der Waals surface area contributed by atoms with Crippen molar-refractivity contribution in [2.75, 3.05) is 14.1 Å². The molecule has 0 saturated heterocycles. The van der Waals surface area contributed by atoms with E-state index >= 15 is 0 Å². The van der Waals surface area contributed by atoms with Crippen molar-refractivity contribution in [2.45, 2.75) is 18.9 Å². The molecule has 0 fully saturated rings. The van der Waals surface area contributed by atoms with Crippen molar-refractivity contribution in [2.24, 2.45) is 0 Å². The molecule has 0 bridgehead atoms. The summed E-state index contributed by atoms with van der Waals surface area (Å²) in [6.45, 7) is 0. The molecule has 4 heteroatoms. The Bertz CT molecular complexity index is 62.0. The number of aliphatic hydroxyl groups is 2. The molecule has 2 atom stereocenters. The lowest BCUT2D eigenvalue weighted by Crippen LogP contribution is -2.35. The SMILES string of the molecule is CNC(O)CC(O)NC. The zero-order valence-corrected chi connectivity index (χ0v) is 5.76. The summed E-state index contributed by atoms with van der Waals surface area (Å²) in [7, 11) is 3.26. The summed E-state index contributed by atoms with van der Waals surface area (Å²) in [6.07, 6.45) is -0.965. The third kappa shape index (κ3) is 4.35. The molecule has 0 aromatic rings. The highest BCUT2D eigenvalue weighted by atomic mass is 16.3. The van der Waals surface area contributed by atoms with Gasteiger partial charge >= 0.3 is 0 Å². The second-order valence-corrected chi connectivity index (χ2v) is 1.84. The molecular formula is C5H14N2O2. The molecule has 9 heavy (non-hydrogen) atoms. The van der Waals surface area contributed by atoms with Crippen LogP contribution in [0.15, 0.2) is 0 Å². The lowest BCUT2D eigenvalue weighted by Gasteiger charge is -2.13. The van der Waals surface area contributed by atoms with E-state index in [2.05, 4.69) is 10.6 Å². The molecule has 0 aliphatic rings. The van der Waals surface area contributed by atoms with Crippen LogP contribution in [-0.4, -0.2) is 36.8 Å². The molecule has 0 aromatic carbocycles. The van der Waals surface area contributed by atoms with Gasteiger partial charge in [0.25, 0.3) is 0 Å². The number of aliphatic hydroxyl groups excluding tert-OH is 2. The first-order chi connectivity index (χ1) is 4.20. The second kappa shape index (κ2) is 4.69. The van der Waals surface area contributed by atoms with E-state index in [9.17, 15) is 0 Å². The van der Waals surface area contributed by atoms with Gasteiger partial charge in [0, 0.05) is 6.42 Å². The van der Waals surface area contributed by atoms with Crippen LogP contribution >= 0.6 is 0 Å². The maximum Gasteiger partial charge on any atom is 0.108 e. The third-order valence-corrected chi connectivity index (χ3v) is 1.11. The van der Waals surface area contributed by atoms with Crippen molar-refractivity contribution in [3.8, 4) is 0 Å². The lowest BCUT2D eigenvalue weighted by atomic mass is 10.3. The Hall–Kier alpha value is -0.160. The highest BCUT2D eigenvalue weighted by molar-refractivity contribution is 4.54. The van der Waals surface area contributed by atoms with Gasteiger partial charge in [-0.05, 0) is 14.1 Å². The Morgan fingerprint density at radius 1 is 1.11 bits per heavy atom. The average Bonchev–Trinajstić information content (AvgIpc) is 1.87. The Morgan fingerprint density at radius 2 is 1.44 bits per heavy atom. The van der Waals surface area contributed by atoms with E-state index in [1.165, 1.54) is 0 Å². The van der Waals surface area contributed by atoms with Gasteiger partial charge in [-0.25, -0.2) is 0 Å². The van der Waals surface area contributed by atoms with E-state index in [1.807, 2.05) is 0 Å². The van der Waals surface area contributed by atoms with Gasteiger partial charge in [-0.1, -0.05) is 0 Å². The van der Waals surface area contributed by atoms with Gasteiger partial charge in [0.05, 0.1) is 0 Å². The molecule has 4 N–H and O–H groups in total. The zero-order valence-electron chi connectivity index (χ0n) is 5.76. The van der Waals surface area contributed by atoms with Crippen LogP contribution in [0.3, 0.4) is 0 Å². The van der Waals surface area contributed by atoms with E-state index < -0.39 is 12.5 Å². The monoisotopic (exact) mass is 134 g/mol. The van der Waals surface area contributed by atoms with Gasteiger partial charge in [-0.2, -0.15) is 0 Å². The van der Waals surface area contributed by atoms with Gasteiger partial charge in [0.2, 0.25) is 0 Å². The molecule has 0 heterocycles.